The van der Waals surface area contributed by atoms with Crippen molar-refractivity contribution in [2.45, 2.75) is 51.2 Å². The van der Waals surface area contributed by atoms with Gasteiger partial charge in [0.05, 0.1) is 6.04 Å². The minimum Gasteiger partial charge on any atom is -0.508 e. The van der Waals surface area contributed by atoms with Crippen molar-refractivity contribution in [3.63, 3.8) is 0 Å². The lowest BCUT2D eigenvalue weighted by molar-refractivity contribution is 0.0479. The van der Waals surface area contributed by atoms with Crippen LogP contribution in [-0.2, 0) is 18.4 Å². The molecular formula is C35H40N2O. The predicted octanol–water partition coefficient (Wildman–Crippen LogP) is 7.21. The molecular weight excluding hydrogens is 464 g/mol. The van der Waals surface area contributed by atoms with Crippen molar-refractivity contribution in [3.05, 3.63) is 137 Å². The summed E-state index contributed by atoms with van der Waals surface area (Å²) < 4.78 is 0. The lowest BCUT2D eigenvalue weighted by Gasteiger charge is -2.46. The second-order valence-corrected chi connectivity index (χ2v) is 11.7. The first-order valence-corrected chi connectivity index (χ1v) is 13.8. The number of rotatable bonds is 7. The molecule has 2 atom stereocenters. The average molecular weight is 505 g/mol. The second kappa shape index (κ2) is 11.6. The van der Waals surface area contributed by atoms with Gasteiger partial charge in [0, 0.05) is 32.2 Å². The Kier molecular flexibility index (Phi) is 7.97. The molecule has 1 N–H and O–H groups in total. The Morgan fingerprint density at radius 1 is 0.737 bits per heavy atom. The van der Waals surface area contributed by atoms with Gasteiger partial charge in [-0.25, -0.2) is 0 Å². The van der Waals surface area contributed by atoms with Gasteiger partial charge in [0.15, 0.2) is 0 Å². The van der Waals surface area contributed by atoms with Gasteiger partial charge >= 0.3 is 0 Å². The Bertz CT molecular complexity index is 1300. The van der Waals surface area contributed by atoms with Crippen molar-refractivity contribution in [3.8, 4) is 5.75 Å². The summed E-state index contributed by atoms with van der Waals surface area (Å²) in [5.41, 5.74) is 6.59. The molecule has 196 valence electrons. The Hall–Kier alpha value is -3.40. The molecule has 5 rings (SSSR count). The molecule has 0 bridgehead atoms. The third-order valence-corrected chi connectivity index (χ3v) is 7.79. The average Bonchev–Trinajstić information content (AvgIpc) is 2.91. The number of nitrogens with zero attached hydrogens (tertiary/aromatic N) is 2. The van der Waals surface area contributed by atoms with E-state index in [1.54, 1.807) is 6.07 Å². The lowest BCUT2D eigenvalue weighted by atomic mass is 9.85. The molecule has 1 aliphatic heterocycles. The topological polar surface area (TPSA) is 26.7 Å². The maximum absolute atomic E-state index is 10.4. The first-order valence-electron chi connectivity index (χ1n) is 13.8. The fraction of sp³-hybridized carbons (Fsp3) is 0.314. The van der Waals surface area contributed by atoms with E-state index in [1.807, 2.05) is 12.1 Å². The Labute approximate surface area is 228 Å². The Morgan fingerprint density at radius 2 is 1.39 bits per heavy atom. The molecule has 0 amide bonds. The fourth-order valence-corrected chi connectivity index (χ4v) is 5.76. The van der Waals surface area contributed by atoms with E-state index < -0.39 is 0 Å². The van der Waals surface area contributed by atoms with E-state index in [4.69, 9.17) is 0 Å². The number of aromatic hydroxyl groups is 1. The van der Waals surface area contributed by atoms with Crippen LogP contribution in [-0.4, -0.2) is 40.6 Å². The van der Waals surface area contributed by atoms with Crippen LogP contribution in [0.15, 0.2) is 109 Å². The second-order valence-electron chi connectivity index (χ2n) is 11.7. The van der Waals surface area contributed by atoms with Crippen LogP contribution in [0.3, 0.4) is 0 Å². The highest BCUT2D eigenvalue weighted by Crippen LogP contribution is 2.35. The van der Waals surface area contributed by atoms with Crippen LogP contribution in [0, 0.1) is 0 Å². The molecule has 0 aromatic heterocycles. The zero-order valence-corrected chi connectivity index (χ0v) is 22.9. The van der Waals surface area contributed by atoms with Gasteiger partial charge < -0.3 is 5.11 Å². The summed E-state index contributed by atoms with van der Waals surface area (Å²) in [5.74, 6) is 0.320. The molecule has 0 saturated carbocycles. The molecule has 0 radical (unpaired) electrons. The van der Waals surface area contributed by atoms with Crippen LogP contribution in [0.5, 0.6) is 5.75 Å². The Morgan fingerprint density at radius 3 is 2.03 bits per heavy atom. The predicted molar refractivity (Wildman–Crippen MR) is 157 cm³/mol. The van der Waals surface area contributed by atoms with E-state index >= 15 is 0 Å². The third kappa shape index (κ3) is 6.35. The monoisotopic (exact) mass is 504 g/mol. The minimum atomic E-state index is 0.0729. The number of phenols is 1. The zero-order chi connectivity index (χ0) is 26.5. The molecule has 4 aromatic carbocycles. The van der Waals surface area contributed by atoms with Gasteiger partial charge in [0.1, 0.15) is 5.75 Å². The van der Waals surface area contributed by atoms with Crippen molar-refractivity contribution >= 4 is 0 Å². The summed E-state index contributed by atoms with van der Waals surface area (Å²) >= 11 is 0. The minimum absolute atomic E-state index is 0.0729. The molecule has 3 nitrogen and oxygen atoms in total. The fourth-order valence-electron chi connectivity index (χ4n) is 5.76. The van der Waals surface area contributed by atoms with Crippen molar-refractivity contribution in [2.75, 3.05) is 19.6 Å². The highest BCUT2D eigenvalue weighted by Gasteiger charge is 2.34. The molecule has 0 aliphatic carbocycles. The van der Waals surface area contributed by atoms with E-state index in [9.17, 15) is 5.11 Å². The van der Waals surface area contributed by atoms with Crippen molar-refractivity contribution in [1.29, 1.82) is 0 Å². The van der Waals surface area contributed by atoms with Gasteiger partial charge in [-0.15, -0.1) is 0 Å². The van der Waals surface area contributed by atoms with Crippen molar-refractivity contribution < 1.29 is 5.11 Å². The van der Waals surface area contributed by atoms with Crippen LogP contribution in [0.4, 0.5) is 0 Å². The molecule has 1 heterocycles. The largest absolute Gasteiger partial charge is 0.508 e. The molecule has 1 unspecified atom stereocenters. The number of piperazine rings is 1. The lowest BCUT2D eigenvalue weighted by Crippen LogP contribution is -2.54. The van der Waals surface area contributed by atoms with Crippen LogP contribution in [0.2, 0.25) is 0 Å². The molecule has 0 spiro atoms. The third-order valence-electron chi connectivity index (χ3n) is 7.79. The molecule has 1 saturated heterocycles. The zero-order valence-electron chi connectivity index (χ0n) is 22.9. The van der Waals surface area contributed by atoms with Gasteiger partial charge in [0.25, 0.3) is 0 Å². The van der Waals surface area contributed by atoms with Gasteiger partial charge in [-0.2, -0.15) is 0 Å². The van der Waals surface area contributed by atoms with E-state index in [1.165, 1.54) is 22.3 Å². The number of phenolic OH excluding ortho intramolecular Hbond substituents is 1. The molecule has 38 heavy (non-hydrogen) atoms. The molecule has 1 fully saturated rings. The highest BCUT2D eigenvalue weighted by atomic mass is 16.3. The van der Waals surface area contributed by atoms with E-state index in [0.717, 1.165) is 38.2 Å². The summed E-state index contributed by atoms with van der Waals surface area (Å²) in [6, 6.07) is 39.1. The van der Waals surface area contributed by atoms with Crippen molar-refractivity contribution in [1.82, 2.24) is 9.80 Å². The van der Waals surface area contributed by atoms with Gasteiger partial charge in [0.2, 0.25) is 0 Å². The van der Waals surface area contributed by atoms with Crippen LogP contribution in [0.25, 0.3) is 0 Å². The maximum Gasteiger partial charge on any atom is 0.115 e. The first kappa shape index (κ1) is 26.2. The van der Waals surface area contributed by atoms with Gasteiger partial charge in [-0.3, -0.25) is 9.80 Å². The van der Waals surface area contributed by atoms with E-state index in [-0.39, 0.29) is 11.5 Å². The Balaban J connectivity index is 1.50. The van der Waals surface area contributed by atoms with E-state index in [0.29, 0.717) is 11.8 Å². The maximum atomic E-state index is 10.4. The number of hydrogen-bond acceptors (Lipinski definition) is 3. The number of hydrogen-bond donors (Lipinski definition) is 1. The van der Waals surface area contributed by atoms with Crippen LogP contribution < -0.4 is 0 Å². The summed E-state index contributed by atoms with van der Waals surface area (Å²) in [5, 5.41) is 10.4. The van der Waals surface area contributed by atoms with Crippen LogP contribution in [0.1, 0.15) is 54.6 Å². The summed E-state index contributed by atoms with van der Waals surface area (Å²) in [4.78, 5) is 5.27. The SMILES string of the molecule is CC(C)(C)c1ccc(C(c2cccc(O)c2)N2CCN(Cc3ccccc3)C[C@H]2Cc2ccccc2)cc1. The van der Waals surface area contributed by atoms with E-state index in [2.05, 4.69) is 122 Å². The smallest absolute Gasteiger partial charge is 0.115 e. The molecule has 1 aliphatic rings. The quantitative estimate of drug-likeness (QED) is 0.288. The molecule has 3 heteroatoms. The normalized spacial score (nSPS) is 17.8. The summed E-state index contributed by atoms with van der Waals surface area (Å²) in [6.07, 6.45) is 0.988. The standard InChI is InChI=1S/C35H40N2O/c1-35(2,3)31-19-17-29(18-20-31)34(30-15-10-16-33(38)24-30)37-22-21-36(25-28-13-8-5-9-14-28)26-32(37)23-27-11-6-4-7-12-27/h4-20,24,32,34,38H,21-23,25-26H2,1-3H3/t32-,34?/m1/s1. The highest BCUT2D eigenvalue weighted by molar-refractivity contribution is 5.39. The van der Waals surface area contributed by atoms with Gasteiger partial charge in [-0.05, 0) is 51.8 Å². The summed E-state index contributed by atoms with van der Waals surface area (Å²) in [6.45, 7) is 10.7. The number of benzene rings is 4. The van der Waals surface area contributed by atoms with Gasteiger partial charge in [-0.1, -0.05) is 118 Å². The first-order chi connectivity index (χ1) is 18.4. The summed E-state index contributed by atoms with van der Waals surface area (Å²) in [7, 11) is 0. The molecule has 4 aromatic rings. The van der Waals surface area contributed by atoms with Crippen molar-refractivity contribution in [2.24, 2.45) is 0 Å². The van der Waals surface area contributed by atoms with Crippen LogP contribution >= 0.6 is 0 Å².